The molecular weight excluding hydrogens is 306 g/mol. The van der Waals surface area contributed by atoms with Crippen LogP contribution in [0.2, 0.25) is 0 Å². The van der Waals surface area contributed by atoms with Gasteiger partial charge in [0.25, 0.3) is 0 Å². The van der Waals surface area contributed by atoms with Crippen LogP contribution in [0, 0.1) is 6.92 Å². The van der Waals surface area contributed by atoms with Crippen molar-refractivity contribution in [1.29, 1.82) is 0 Å². The average molecular weight is 322 g/mol. The van der Waals surface area contributed by atoms with Crippen LogP contribution in [0.15, 0.2) is 35.2 Å². The van der Waals surface area contributed by atoms with Crippen molar-refractivity contribution in [3.63, 3.8) is 0 Å². The number of hydrogen-bond donors (Lipinski definition) is 1. The molecule has 4 nitrogen and oxygen atoms in total. The fourth-order valence-corrected chi connectivity index (χ4v) is 2.16. The number of anilines is 1. The molecule has 0 amide bonds. The molecule has 0 saturated heterocycles. The predicted molar refractivity (Wildman–Crippen MR) is 79.5 cm³/mol. The van der Waals surface area contributed by atoms with Gasteiger partial charge in [-0.25, -0.2) is 9.97 Å². The van der Waals surface area contributed by atoms with Gasteiger partial charge < -0.3 is 10.1 Å². The van der Waals surface area contributed by atoms with E-state index in [2.05, 4.69) is 38.1 Å². The van der Waals surface area contributed by atoms with Crippen LogP contribution in [0.3, 0.4) is 0 Å². The van der Waals surface area contributed by atoms with Gasteiger partial charge in [0.05, 0.1) is 13.2 Å². The SMILES string of the molecule is COc1ccccc1C(C)Nc1ncnc(Br)c1C. The van der Waals surface area contributed by atoms with Crippen molar-refractivity contribution in [2.24, 2.45) is 0 Å². The molecule has 0 radical (unpaired) electrons. The number of para-hydroxylation sites is 1. The van der Waals surface area contributed by atoms with Crippen molar-refractivity contribution in [3.05, 3.63) is 46.3 Å². The second kappa shape index (κ2) is 6.02. The smallest absolute Gasteiger partial charge is 0.133 e. The number of aromatic nitrogens is 2. The van der Waals surface area contributed by atoms with Crippen LogP contribution < -0.4 is 10.1 Å². The van der Waals surface area contributed by atoms with Gasteiger partial charge in [-0.1, -0.05) is 18.2 Å². The van der Waals surface area contributed by atoms with E-state index in [0.29, 0.717) is 0 Å². The van der Waals surface area contributed by atoms with Crippen molar-refractivity contribution in [2.45, 2.75) is 19.9 Å². The molecule has 0 saturated carbocycles. The number of methoxy groups -OCH3 is 1. The van der Waals surface area contributed by atoms with Gasteiger partial charge in [-0.15, -0.1) is 0 Å². The third-order valence-electron chi connectivity index (χ3n) is 2.98. The summed E-state index contributed by atoms with van der Waals surface area (Å²) in [5.74, 6) is 1.69. The van der Waals surface area contributed by atoms with Crippen molar-refractivity contribution < 1.29 is 4.74 Å². The second-order valence-corrected chi connectivity index (χ2v) is 5.00. The molecule has 0 bridgehead atoms. The summed E-state index contributed by atoms with van der Waals surface area (Å²) in [6.45, 7) is 4.05. The maximum Gasteiger partial charge on any atom is 0.133 e. The third kappa shape index (κ3) is 3.04. The first-order valence-electron chi connectivity index (χ1n) is 6.00. The van der Waals surface area contributed by atoms with Crippen LogP contribution in [0.4, 0.5) is 5.82 Å². The Balaban J connectivity index is 2.26. The molecule has 1 unspecified atom stereocenters. The minimum Gasteiger partial charge on any atom is -0.496 e. The van der Waals surface area contributed by atoms with Gasteiger partial charge in [-0.3, -0.25) is 0 Å². The molecule has 1 aromatic heterocycles. The van der Waals surface area contributed by atoms with E-state index in [4.69, 9.17) is 4.74 Å². The molecular formula is C14H16BrN3O. The molecule has 2 rings (SSSR count). The van der Waals surface area contributed by atoms with E-state index >= 15 is 0 Å². The highest BCUT2D eigenvalue weighted by Crippen LogP contribution is 2.28. The first-order valence-corrected chi connectivity index (χ1v) is 6.79. The van der Waals surface area contributed by atoms with Gasteiger partial charge in [-0.05, 0) is 35.8 Å². The number of nitrogens with zero attached hydrogens (tertiary/aromatic N) is 2. The van der Waals surface area contributed by atoms with Crippen LogP contribution in [0.25, 0.3) is 0 Å². The number of nitrogens with one attached hydrogen (secondary N) is 1. The van der Waals surface area contributed by atoms with Crippen molar-refractivity contribution in [2.75, 3.05) is 12.4 Å². The standard InChI is InChI=1S/C14H16BrN3O/c1-9-13(15)16-8-17-14(9)18-10(2)11-6-4-5-7-12(11)19-3/h4-8,10H,1-3H3,(H,16,17,18). The lowest BCUT2D eigenvalue weighted by Gasteiger charge is -2.18. The fourth-order valence-electron chi connectivity index (χ4n) is 1.88. The van der Waals surface area contributed by atoms with Crippen molar-refractivity contribution >= 4 is 21.7 Å². The minimum absolute atomic E-state index is 0.0941. The van der Waals surface area contributed by atoms with Gasteiger partial charge in [0.1, 0.15) is 22.5 Å². The van der Waals surface area contributed by atoms with E-state index in [1.165, 1.54) is 6.33 Å². The minimum atomic E-state index is 0.0941. The zero-order valence-electron chi connectivity index (χ0n) is 11.1. The Hall–Kier alpha value is -1.62. The summed E-state index contributed by atoms with van der Waals surface area (Å²) in [6, 6.07) is 8.05. The number of rotatable bonds is 4. The molecule has 1 atom stereocenters. The Bertz CT molecular complexity index is 574. The van der Waals surface area contributed by atoms with Gasteiger partial charge in [0, 0.05) is 11.1 Å². The molecule has 0 spiro atoms. The summed E-state index contributed by atoms with van der Waals surface area (Å²) in [5, 5.41) is 3.38. The van der Waals surface area contributed by atoms with Crippen LogP contribution in [0.5, 0.6) is 5.75 Å². The van der Waals surface area contributed by atoms with Gasteiger partial charge in [0.2, 0.25) is 0 Å². The lowest BCUT2D eigenvalue weighted by Crippen LogP contribution is -2.10. The highest BCUT2D eigenvalue weighted by molar-refractivity contribution is 9.10. The maximum absolute atomic E-state index is 5.38. The molecule has 100 valence electrons. The summed E-state index contributed by atoms with van der Waals surface area (Å²) in [5.41, 5.74) is 2.09. The molecule has 1 heterocycles. The van der Waals surface area contributed by atoms with E-state index in [1.807, 2.05) is 31.2 Å². The van der Waals surface area contributed by atoms with Crippen LogP contribution >= 0.6 is 15.9 Å². The molecule has 0 aliphatic carbocycles. The zero-order valence-corrected chi connectivity index (χ0v) is 12.7. The van der Waals surface area contributed by atoms with E-state index in [-0.39, 0.29) is 6.04 Å². The third-order valence-corrected chi connectivity index (χ3v) is 3.78. The highest BCUT2D eigenvalue weighted by atomic mass is 79.9. The van der Waals surface area contributed by atoms with E-state index in [1.54, 1.807) is 7.11 Å². The summed E-state index contributed by atoms with van der Waals surface area (Å²) < 4.78 is 6.18. The average Bonchev–Trinajstić information content (AvgIpc) is 2.43. The lowest BCUT2D eigenvalue weighted by molar-refractivity contribution is 0.408. The summed E-state index contributed by atoms with van der Waals surface area (Å²) in [4.78, 5) is 8.36. The Kier molecular flexibility index (Phi) is 4.37. The molecule has 0 aliphatic heterocycles. The Labute approximate surface area is 121 Å². The van der Waals surface area contributed by atoms with Crippen molar-refractivity contribution in [1.82, 2.24) is 9.97 Å². The Morgan fingerprint density at radius 2 is 2.00 bits per heavy atom. The first kappa shape index (κ1) is 13.8. The van der Waals surface area contributed by atoms with Gasteiger partial charge in [0.15, 0.2) is 0 Å². The molecule has 1 N–H and O–H groups in total. The predicted octanol–water partition coefficient (Wildman–Crippen LogP) is 3.73. The molecule has 0 aliphatic rings. The van der Waals surface area contributed by atoms with Crippen LogP contribution in [-0.4, -0.2) is 17.1 Å². The molecule has 19 heavy (non-hydrogen) atoms. The van der Waals surface area contributed by atoms with E-state index < -0.39 is 0 Å². The summed E-state index contributed by atoms with van der Waals surface area (Å²) >= 11 is 3.40. The quantitative estimate of drug-likeness (QED) is 0.872. The number of hydrogen-bond acceptors (Lipinski definition) is 4. The fraction of sp³-hybridized carbons (Fsp3) is 0.286. The molecule has 5 heteroatoms. The molecule has 0 fully saturated rings. The Morgan fingerprint density at radius 1 is 1.26 bits per heavy atom. The largest absolute Gasteiger partial charge is 0.496 e. The number of halogens is 1. The van der Waals surface area contributed by atoms with E-state index in [9.17, 15) is 0 Å². The first-order chi connectivity index (χ1) is 9.13. The summed E-state index contributed by atoms with van der Waals surface area (Å²) in [6.07, 6.45) is 1.54. The monoisotopic (exact) mass is 321 g/mol. The van der Waals surface area contributed by atoms with Crippen LogP contribution in [0.1, 0.15) is 24.1 Å². The Morgan fingerprint density at radius 3 is 2.74 bits per heavy atom. The highest BCUT2D eigenvalue weighted by Gasteiger charge is 2.13. The lowest BCUT2D eigenvalue weighted by atomic mass is 10.1. The van der Waals surface area contributed by atoms with Crippen LogP contribution in [-0.2, 0) is 0 Å². The normalized spacial score (nSPS) is 12.0. The molecule has 2 aromatic rings. The van der Waals surface area contributed by atoms with E-state index in [0.717, 1.165) is 27.3 Å². The molecule has 1 aromatic carbocycles. The van der Waals surface area contributed by atoms with Gasteiger partial charge in [-0.2, -0.15) is 0 Å². The maximum atomic E-state index is 5.38. The van der Waals surface area contributed by atoms with Gasteiger partial charge >= 0.3 is 0 Å². The summed E-state index contributed by atoms with van der Waals surface area (Å²) in [7, 11) is 1.68. The number of ether oxygens (including phenoxy) is 1. The second-order valence-electron chi connectivity index (χ2n) is 4.25. The van der Waals surface area contributed by atoms with Crippen molar-refractivity contribution in [3.8, 4) is 5.75 Å². The topological polar surface area (TPSA) is 47.0 Å². The zero-order chi connectivity index (χ0) is 13.8. The number of benzene rings is 1.